The number of benzene rings is 1. The summed E-state index contributed by atoms with van der Waals surface area (Å²) >= 11 is 0. The molecule has 18 heavy (non-hydrogen) atoms. The standard InChI is InChI=1S/C16H22O2/c1-11(17)13-4-6-16(7-5-13)18-10-15-9-12-2-3-14(15)8-12/h4-7,11-12,14-15,17H,2-3,8-10H2,1H3/t11-,12?,14?,15?/m1/s1. The van der Waals surface area contributed by atoms with Crippen LogP contribution in [0.25, 0.3) is 0 Å². The van der Waals surface area contributed by atoms with Crippen molar-refractivity contribution in [2.24, 2.45) is 17.8 Å². The highest BCUT2D eigenvalue weighted by Crippen LogP contribution is 2.48. The number of rotatable bonds is 4. The third kappa shape index (κ3) is 2.39. The van der Waals surface area contributed by atoms with Crippen molar-refractivity contribution in [2.45, 2.75) is 38.7 Å². The third-order valence-corrected chi connectivity index (χ3v) is 4.71. The Morgan fingerprint density at radius 2 is 2.00 bits per heavy atom. The minimum atomic E-state index is -0.399. The summed E-state index contributed by atoms with van der Waals surface area (Å²) < 4.78 is 5.90. The van der Waals surface area contributed by atoms with Gasteiger partial charge in [0.1, 0.15) is 5.75 Å². The van der Waals surface area contributed by atoms with Crippen LogP contribution in [0.2, 0.25) is 0 Å². The zero-order chi connectivity index (χ0) is 12.5. The first kappa shape index (κ1) is 12.0. The summed E-state index contributed by atoms with van der Waals surface area (Å²) in [5.74, 6) is 3.62. The van der Waals surface area contributed by atoms with E-state index in [1.807, 2.05) is 24.3 Å². The van der Waals surface area contributed by atoms with Crippen molar-refractivity contribution in [3.63, 3.8) is 0 Å². The van der Waals surface area contributed by atoms with Gasteiger partial charge in [-0.2, -0.15) is 0 Å². The monoisotopic (exact) mass is 246 g/mol. The Hall–Kier alpha value is -1.02. The fraction of sp³-hybridized carbons (Fsp3) is 0.625. The van der Waals surface area contributed by atoms with Crippen LogP contribution < -0.4 is 4.74 Å². The Labute approximate surface area is 109 Å². The summed E-state index contributed by atoms with van der Waals surface area (Å²) in [6.07, 6.45) is 5.28. The van der Waals surface area contributed by atoms with Crippen LogP contribution in [0.5, 0.6) is 5.75 Å². The molecule has 0 amide bonds. The van der Waals surface area contributed by atoms with Crippen LogP contribution in [0.1, 0.15) is 44.3 Å². The van der Waals surface area contributed by atoms with Gasteiger partial charge in [-0.05, 0) is 61.6 Å². The van der Waals surface area contributed by atoms with Crippen LogP contribution >= 0.6 is 0 Å². The van der Waals surface area contributed by atoms with Crippen LogP contribution in [0, 0.1) is 17.8 Å². The summed E-state index contributed by atoms with van der Waals surface area (Å²) in [6, 6.07) is 7.83. The summed E-state index contributed by atoms with van der Waals surface area (Å²) in [4.78, 5) is 0. The molecule has 1 N–H and O–H groups in total. The second kappa shape index (κ2) is 4.93. The van der Waals surface area contributed by atoms with E-state index in [-0.39, 0.29) is 0 Å². The van der Waals surface area contributed by atoms with Gasteiger partial charge in [-0.1, -0.05) is 18.6 Å². The second-order valence-electron chi connectivity index (χ2n) is 5.99. The summed E-state index contributed by atoms with van der Waals surface area (Å²) in [7, 11) is 0. The molecule has 2 bridgehead atoms. The average Bonchev–Trinajstić information content (AvgIpc) is 2.99. The lowest BCUT2D eigenvalue weighted by atomic mass is 9.89. The molecule has 2 aliphatic rings. The first-order chi connectivity index (χ1) is 8.72. The molecular weight excluding hydrogens is 224 g/mol. The molecule has 0 spiro atoms. The molecular formula is C16H22O2. The first-order valence-corrected chi connectivity index (χ1v) is 7.13. The fourth-order valence-electron chi connectivity index (χ4n) is 3.63. The van der Waals surface area contributed by atoms with E-state index in [1.165, 1.54) is 25.7 Å². The van der Waals surface area contributed by atoms with Gasteiger partial charge >= 0.3 is 0 Å². The lowest BCUT2D eigenvalue weighted by molar-refractivity contribution is 0.193. The molecule has 2 heteroatoms. The maximum Gasteiger partial charge on any atom is 0.119 e. The van der Waals surface area contributed by atoms with Crippen LogP contribution in [0.4, 0.5) is 0 Å². The summed E-state index contributed by atoms with van der Waals surface area (Å²) in [5, 5.41) is 9.45. The first-order valence-electron chi connectivity index (χ1n) is 7.13. The average molecular weight is 246 g/mol. The molecule has 2 aliphatic carbocycles. The van der Waals surface area contributed by atoms with E-state index in [0.29, 0.717) is 0 Å². The van der Waals surface area contributed by atoms with Gasteiger partial charge in [0.05, 0.1) is 12.7 Å². The van der Waals surface area contributed by atoms with Gasteiger partial charge in [0.15, 0.2) is 0 Å². The van der Waals surface area contributed by atoms with Crippen molar-refractivity contribution in [1.82, 2.24) is 0 Å². The molecule has 2 saturated carbocycles. The predicted octanol–water partition coefficient (Wildman–Crippen LogP) is 3.55. The quantitative estimate of drug-likeness (QED) is 0.880. The molecule has 0 saturated heterocycles. The van der Waals surface area contributed by atoms with Crippen molar-refractivity contribution >= 4 is 0 Å². The number of aliphatic hydroxyl groups is 1. The largest absolute Gasteiger partial charge is 0.493 e. The molecule has 98 valence electrons. The van der Waals surface area contributed by atoms with E-state index < -0.39 is 6.10 Å². The van der Waals surface area contributed by atoms with Gasteiger partial charge in [0.25, 0.3) is 0 Å². The molecule has 0 aromatic heterocycles. The van der Waals surface area contributed by atoms with Crippen LogP contribution in [0.15, 0.2) is 24.3 Å². The highest BCUT2D eigenvalue weighted by atomic mass is 16.5. The Morgan fingerprint density at radius 1 is 1.22 bits per heavy atom. The lowest BCUT2D eigenvalue weighted by Gasteiger charge is -2.21. The van der Waals surface area contributed by atoms with Gasteiger partial charge in [0.2, 0.25) is 0 Å². The number of fused-ring (bicyclic) bond motifs is 2. The summed E-state index contributed by atoms with van der Waals surface area (Å²) in [5.41, 5.74) is 0.947. The van der Waals surface area contributed by atoms with Crippen LogP contribution in [-0.2, 0) is 0 Å². The second-order valence-corrected chi connectivity index (χ2v) is 5.99. The Morgan fingerprint density at radius 3 is 2.56 bits per heavy atom. The maximum absolute atomic E-state index is 9.45. The highest BCUT2D eigenvalue weighted by molar-refractivity contribution is 5.28. The van der Waals surface area contributed by atoms with Gasteiger partial charge in [0, 0.05) is 0 Å². The smallest absolute Gasteiger partial charge is 0.119 e. The molecule has 1 aromatic rings. The molecule has 0 heterocycles. The SMILES string of the molecule is C[C@@H](O)c1ccc(OCC2CC3CCC2C3)cc1. The van der Waals surface area contributed by atoms with E-state index in [9.17, 15) is 5.11 Å². The minimum absolute atomic E-state index is 0.399. The Kier molecular flexibility index (Phi) is 3.29. The van der Waals surface area contributed by atoms with E-state index >= 15 is 0 Å². The predicted molar refractivity (Wildman–Crippen MR) is 71.5 cm³/mol. The zero-order valence-corrected chi connectivity index (χ0v) is 11.0. The van der Waals surface area contributed by atoms with Crippen molar-refractivity contribution < 1.29 is 9.84 Å². The molecule has 0 radical (unpaired) electrons. The third-order valence-electron chi connectivity index (χ3n) is 4.71. The van der Waals surface area contributed by atoms with Gasteiger partial charge in [-0.3, -0.25) is 0 Å². The highest BCUT2D eigenvalue weighted by Gasteiger charge is 2.39. The van der Waals surface area contributed by atoms with Crippen LogP contribution in [-0.4, -0.2) is 11.7 Å². The number of hydrogen-bond acceptors (Lipinski definition) is 2. The molecule has 3 rings (SSSR count). The minimum Gasteiger partial charge on any atom is -0.493 e. The van der Waals surface area contributed by atoms with E-state index in [4.69, 9.17) is 4.74 Å². The molecule has 1 aromatic carbocycles. The zero-order valence-electron chi connectivity index (χ0n) is 11.0. The maximum atomic E-state index is 9.45. The van der Waals surface area contributed by atoms with Gasteiger partial charge < -0.3 is 9.84 Å². The number of hydrogen-bond donors (Lipinski definition) is 1. The topological polar surface area (TPSA) is 29.5 Å². The number of ether oxygens (including phenoxy) is 1. The van der Waals surface area contributed by atoms with Crippen molar-refractivity contribution in [3.8, 4) is 5.75 Å². The molecule has 2 fully saturated rings. The van der Waals surface area contributed by atoms with Crippen molar-refractivity contribution in [1.29, 1.82) is 0 Å². The molecule has 0 aliphatic heterocycles. The molecule has 3 unspecified atom stereocenters. The number of aliphatic hydroxyl groups excluding tert-OH is 1. The van der Waals surface area contributed by atoms with Crippen molar-refractivity contribution in [3.05, 3.63) is 29.8 Å². The molecule has 2 nitrogen and oxygen atoms in total. The Balaban J connectivity index is 1.54. The lowest BCUT2D eigenvalue weighted by Crippen LogP contribution is -2.18. The van der Waals surface area contributed by atoms with E-state index in [2.05, 4.69) is 0 Å². The van der Waals surface area contributed by atoms with E-state index in [0.717, 1.165) is 35.7 Å². The van der Waals surface area contributed by atoms with Crippen molar-refractivity contribution in [2.75, 3.05) is 6.61 Å². The van der Waals surface area contributed by atoms with E-state index in [1.54, 1.807) is 6.92 Å². The van der Waals surface area contributed by atoms with Gasteiger partial charge in [-0.15, -0.1) is 0 Å². The van der Waals surface area contributed by atoms with Crippen LogP contribution in [0.3, 0.4) is 0 Å². The summed E-state index contributed by atoms with van der Waals surface area (Å²) in [6.45, 7) is 2.65. The molecule has 4 atom stereocenters. The van der Waals surface area contributed by atoms with Gasteiger partial charge in [-0.25, -0.2) is 0 Å². The fourth-order valence-corrected chi connectivity index (χ4v) is 3.63. The normalized spacial score (nSPS) is 31.6. The Bertz CT molecular complexity index is 396.